The Labute approximate surface area is 134 Å². The summed E-state index contributed by atoms with van der Waals surface area (Å²) < 4.78 is 16.5. The van der Waals surface area contributed by atoms with Crippen molar-refractivity contribution in [2.24, 2.45) is 0 Å². The number of epoxide rings is 1. The molecule has 0 aliphatic carbocycles. The molecular weight excluding hydrogens is 296 g/mol. The fourth-order valence-corrected chi connectivity index (χ4v) is 4.21. The molecule has 4 atom stereocenters. The highest BCUT2D eigenvalue weighted by molar-refractivity contribution is 5.93. The molecule has 3 aliphatic heterocycles. The van der Waals surface area contributed by atoms with Gasteiger partial charge in [0.25, 0.3) is 5.60 Å². The number of rotatable bonds is 2. The van der Waals surface area contributed by atoms with Crippen LogP contribution in [0.4, 0.5) is 0 Å². The number of benzene rings is 1. The van der Waals surface area contributed by atoms with Crippen LogP contribution in [-0.2, 0) is 14.3 Å². The summed E-state index contributed by atoms with van der Waals surface area (Å²) in [6, 6.07) is 9.94. The van der Waals surface area contributed by atoms with E-state index < -0.39 is 22.8 Å². The van der Waals surface area contributed by atoms with E-state index in [-0.39, 0.29) is 6.04 Å². The predicted molar refractivity (Wildman–Crippen MR) is 79.6 cm³/mol. The minimum atomic E-state index is -1.42. The Bertz CT molecular complexity index is 727. The van der Waals surface area contributed by atoms with Crippen molar-refractivity contribution in [2.75, 3.05) is 20.7 Å². The molecule has 120 valence electrons. The third-order valence-electron chi connectivity index (χ3n) is 5.54. The lowest BCUT2D eigenvalue weighted by atomic mass is 9.73. The summed E-state index contributed by atoms with van der Waals surface area (Å²) in [6.07, 6.45) is 0.547. The van der Waals surface area contributed by atoms with E-state index in [0.29, 0.717) is 13.0 Å². The van der Waals surface area contributed by atoms with Gasteiger partial charge in [-0.1, -0.05) is 12.1 Å². The van der Waals surface area contributed by atoms with Crippen molar-refractivity contribution in [3.05, 3.63) is 29.8 Å². The fraction of sp³-hybridized carbons (Fsp3) is 0.529. The lowest BCUT2D eigenvalue weighted by Gasteiger charge is -2.44. The van der Waals surface area contributed by atoms with Gasteiger partial charge >= 0.3 is 5.97 Å². The lowest BCUT2D eigenvalue weighted by molar-refractivity contribution is -0.173. The Morgan fingerprint density at radius 1 is 1.39 bits per heavy atom. The van der Waals surface area contributed by atoms with Gasteiger partial charge in [0.15, 0.2) is 11.2 Å². The summed E-state index contributed by atoms with van der Waals surface area (Å²) in [5.41, 5.74) is -1.94. The Balaban J connectivity index is 1.70. The van der Waals surface area contributed by atoms with E-state index >= 15 is 0 Å². The third-order valence-corrected chi connectivity index (χ3v) is 5.54. The van der Waals surface area contributed by atoms with Crippen LogP contribution in [0.5, 0.6) is 5.75 Å². The molecule has 1 aromatic carbocycles. The first-order valence-electron chi connectivity index (χ1n) is 7.60. The molecule has 6 nitrogen and oxygen atoms in total. The van der Waals surface area contributed by atoms with E-state index in [4.69, 9.17) is 14.2 Å². The van der Waals surface area contributed by atoms with Crippen LogP contribution < -0.4 is 4.74 Å². The number of likely N-dealkylation sites (tertiary alicyclic amines) is 1. The molecule has 3 fully saturated rings. The van der Waals surface area contributed by atoms with Crippen molar-refractivity contribution in [3.8, 4) is 11.8 Å². The summed E-state index contributed by atoms with van der Waals surface area (Å²) in [5, 5.41) is 9.47. The van der Waals surface area contributed by atoms with Crippen molar-refractivity contribution < 1.29 is 19.0 Å². The zero-order valence-corrected chi connectivity index (χ0v) is 13.3. The van der Waals surface area contributed by atoms with Crippen LogP contribution in [0.2, 0.25) is 0 Å². The van der Waals surface area contributed by atoms with Gasteiger partial charge in [0.2, 0.25) is 0 Å². The molecule has 3 heterocycles. The quantitative estimate of drug-likeness (QED) is 0.607. The molecule has 1 aromatic rings. The first-order valence-corrected chi connectivity index (χ1v) is 7.60. The number of hydrogen-bond donors (Lipinski definition) is 0. The van der Waals surface area contributed by atoms with Crippen LogP contribution in [0, 0.1) is 11.3 Å². The monoisotopic (exact) mass is 314 g/mol. The maximum absolute atomic E-state index is 12.2. The zero-order chi connectivity index (χ0) is 16.5. The van der Waals surface area contributed by atoms with Gasteiger partial charge in [0.1, 0.15) is 11.8 Å². The number of methoxy groups -OCH3 is 1. The number of esters is 1. The third kappa shape index (κ3) is 1.56. The topological polar surface area (TPSA) is 75.1 Å². The van der Waals surface area contributed by atoms with Crippen LogP contribution in [-0.4, -0.2) is 48.4 Å². The van der Waals surface area contributed by atoms with Gasteiger partial charge in [-0.15, -0.1) is 0 Å². The van der Waals surface area contributed by atoms with Crippen LogP contribution >= 0.6 is 0 Å². The van der Waals surface area contributed by atoms with E-state index in [1.807, 2.05) is 44.3 Å². The van der Waals surface area contributed by atoms with Crippen LogP contribution in [0.3, 0.4) is 0 Å². The fourth-order valence-electron chi connectivity index (χ4n) is 4.21. The normalized spacial score (nSPS) is 41.5. The molecule has 6 heteroatoms. The van der Waals surface area contributed by atoms with Crippen LogP contribution in [0.1, 0.15) is 24.9 Å². The number of carbonyl (C=O) groups excluding carboxylic acids is 1. The lowest BCUT2D eigenvalue weighted by Crippen LogP contribution is -2.57. The van der Waals surface area contributed by atoms with E-state index in [0.717, 1.165) is 11.3 Å². The molecule has 0 saturated carbocycles. The molecule has 0 radical (unpaired) electrons. The second-order valence-electron chi connectivity index (χ2n) is 6.75. The van der Waals surface area contributed by atoms with E-state index in [1.54, 1.807) is 7.11 Å². The Kier molecular flexibility index (Phi) is 2.68. The van der Waals surface area contributed by atoms with Crippen molar-refractivity contribution in [1.82, 2.24) is 4.90 Å². The molecule has 4 rings (SSSR count). The maximum Gasteiger partial charge on any atom is 0.357 e. The molecule has 0 N–H and O–H groups in total. The first-order chi connectivity index (χ1) is 10.9. The molecule has 0 amide bonds. The van der Waals surface area contributed by atoms with Gasteiger partial charge in [0, 0.05) is 19.0 Å². The van der Waals surface area contributed by atoms with Gasteiger partial charge in [-0.25, -0.2) is 4.79 Å². The summed E-state index contributed by atoms with van der Waals surface area (Å²) in [4.78, 5) is 14.3. The SMILES string of the molecule is COc1ccc([C@@H]2C[C@]34O[C@]3(C#N)C(=O)O[C@@]4(C)CN2C)cc1. The smallest absolute Gasteiger partial charge is 0.357 e. The minimum absolute atomic E-state index is 0.0544. The first kappa shape index (κ1) is 14.5. The molecular formula is C17H18N2O4. The van der Waals surface area contributed by atoms with Crippen molar-refractivity contribution >= 4 is 5.97 Å². The number of piperidine rings is 1. The molecule has 3 aliphatic rings. The molecule has 1 spiro atoms. The summed E-state index contributed by atoms with van der Waals surface area (Å²) in [6.45, 7) is 2.39. The average Bonchev–Trinajstić information content (AvgIpc) is 3.17. The second kappa shape index (κ2) is 4.25. The standard InChI is InChI=1S/C17H18N2O4/c1-15-10-19(2)13(11-4-6-12(21-3)7-5-11)8-17(15)16(9-18,23-17)14(20)22-15/h4-7,13H,8,10H2,1-3H3/t13-,15-,16+,17+/m0/s1. The molecule has 0 bridgehead atoms. The van der Waals surface area contributed by atoms with Gasteiger partial charge in [-0.2, -0.15) is 5.26 Å². The highest BCUT2D eigenvalue weighted by Crippen LogP contribution is 2.67. The van der Waals surface area contributed by atoms with Crippen LogP contribution in [0.25, 0.3) is 0 Å². The average molecular weight is 314 g/mol. The van der Waals surface area contributed by atoms with Crippen molar-refractivity contribution in [3.63, 3.8) is 0 Å². The van der Waals surface area contributed by atoms with Gasteiger partial charge in [0.05, 0.1) is 7.11 Å². The predicted octanol–water partition coefficient (Wildman–Crippen LogP) is 1.42. The largest absolute Gasteiger partial charge is 0.497 e. The van der Waals surface area contributed by atoms with Gasteiger partial charge in [-0.3, -0.25) is 4.90 Å². The van der Waals surface area contributed by atoms with Crippen molar-refractivity contribution in [2.45, 2.75) is 36.2 Å². The second-order valence-corrected chi connectivity index (χ2v) is 6.75. The van der Waals surface area contributed by atoms with E-state index in [1.165, 1.54) is 0 Å². The van der Waals surface area contributed by atoms with Gasteiger partial charge in [-0.05, 0) is 31.7 Å². The number of nitrogens with zero attached hydrogens (tertiary/aromatic N) is 2. The molecule has 3 saturated heterocycles. The Morgan fingerprint density at radius 2 is 2.09 bits per heavy atom. The zero-order valence-electron chi connectivity index (χ0n) is 13.3. The summed E-state index contributed by atoms with van der Waals surface area (Å²) >= 11 is 0. The number of nitriles is 1. The molecule has 0 unspecified atom stereocenters. The number of likely N-dealkylation sites (N-methyl/N-ethyl adjacent to an activating group) is 1. The Morgan fingerprint density at radius 3 is 2.65 bits per heavy atom. The van der Waals surface area contributed by atoms with Crippen LogP contribution in [0.15, 0.2) is 24.3 Å². The number of hydrogen-bond acceptors (Lipinski definition) is 6. The molecule has 0 aromatic heterocycles. The highest BCUT2D eigenvalue weighted by atomic mass is 16.7. The number of carbonyl (C=O) groups is 1. The van der Waals surface area contributed by atoms with Crippen molar-refractivity contribution in [1.29, 1.82) is 5.26 Å². The van der Waals surface area contributed by atoms with Gasteiger partial charge < -0.3 is 14.2 Å². The minimum Gasteiger partial charge on any atom is -0.497 e. The Hall–Kier alpha value is -2.10. The summed E-state index contributed by atoms with van der Waals surface area (Å²) in [7, 11) is 3.63. The van der Waals surface area contributed by atoms with E-state index in [9.17, 15) is 10.1 Å². The maximum atomic E-state index is 12.2. The summed E-state index contributed by atoms with van der Waals surface area (Å²) in [5.74, 6) is 0.245. The highest BCUT2D eigenvalue weighted by Gasteiger charge is 2.90. The van der Waals surface area contributed by atoms with E-state index in [2.05, 4.69) is 4.90 Å². The molecule has 23 heavy (non-hydrogen) atoms. The number of ether oxygens (including phenoxy) is 3.